The zero-order valence-corrected chi connectivity index (χ0v) is 18.6. The van der Waals surface area contributed by atoms with Crippen molar-refractivity contribution in [1.82, 2.24) is 4.57 Å². The number of aromatic nitrogens is 1. The summed E-state index contributed by atoms with van der Waals surface area (Å²) in [7, 11) is 0. The normalized spacial score (nSPS) is 12.1. The minimum atomic E-state index is -0.977. The number of nitrogens with two attached hydrogens (primary N) is 1. The number of fused-ring (bicyclic) bond motifs is 1. The van der Waals surface area contributed by atoms with Gasteiger partial charge in [-0.3, -0.25) is 0 Å². The Bertz CT molecular complexity index is 1340. The number of nitrogens with zero attached hydrogens (tertiary/aromatic N) is 1. The van der Waals surface area contributed by atoms with Gasteiger partial charge in [-0.1, -0.05) is 32.4 Å². The van der Waals surface area contributed by atoms with Crippen molar-refractivity contribution in [1.29, 1.82) is 5.41 Å². The molecule has 0 radical (unpaired) electrons. The van der Waals surface area contributed by atoms with E-state index in [1.54, 1.807) is 24.3 Å². The van der Waals surface area contributed by atoms with Gasteiger partial charge in [-0.15, -0.1) is 0 Å². The van der Waals surface area contributed by atoms with Crippen LogP contribution in [0.25, 0.3) is 27.7 Å². The summed E-state index contributed by atoms with van der Waals surface area (Å²) in [5.74, 6) is -1.13. The molecule has 3 aromatic carbocycles. The smallest absolute Gasteiger partial charge is 0.335 e. The fourth-order valence-corrected chi connectivity index (χ4v) is 4.50. The Hall–Kier alpha value is -3.93. The Labute approximate surface area is 191 Å². The number of hydrogen-bond donors (Lipinski definition) is 3. The van der Waals surface area contributed by atoms with Gasteiger partial charge in [-0.05, 0) is 66.4 Å². The Morgan fingerprint density at radius 3 is 2.39 bits per heavy atom. The Kier molecular flexibility index (Phi) is 6.01. The van der Waals surface area contributed by atoms with Crippen LogP contribution in [0.5, 0.6) is 0 Å². The second kappa shape index (κ2) is 8.90. The van der Waals surface area contributed by atoms with Gasteiger partial charge in [-0.2, -0.15) is 0 Å². The number of anilines is 1. The first-order chi connectivity index (χ1) is 15.8. The number of hydrogen-bond acceptors (Lipinski definition) is 3. The van der Waals surface area contributed by atoms with Crippen molar-refractivity contribution in [3.63, 3.8) is 0 Å². The van der Waals surface area contributed by atoms with Gasteiger partial charge in [0.15, 0.2) is 0 Å². The van der Waals surface area contributed by atoms with Gasteiger partial charge in [0.25, 0.3) is 0 Å². The number of nitrogen functional groups attached to an aromatic ring is 1. The maximum Gasteiger partial charge on any atom is 0.335 e. The quantitative estimate of drug-likeness (QED) is 0.221. The molecule has 168 valence electrons. The summed E-state index contributed by atoms with van der Waals surface area (Å²) in [4.78, 5) is 11.4. The molecule has 0 bridgehead atoms. The molecule has 6 heteroatoms. The number of carboxylic acids is 1. The van der Waals surface area contributed by atoms with E-state index in [2.05, 4.69) is 18.4 Å². The molecule has 0 spiro atoms. The first kappa shape index (κ1) is 22.3. The molecule has 4 rings (SSSR count). The number of rotatable bonds is 7. The highest BCUT2D eigenvalue weighted by Crippen LogP contribution is 2.43. The van der Waals surface area contributed by atoms with E-state index in [0.717, 1.165) is 46.3 Å². The van der Waals surface area contributed by atoms with E-state index >= 15 is 0 Å². The summed E-state index contributed by atoms with van der Waals surface area (Å²) in [6.07, 6.45) is 3.15. The number of halogens is 1. The number of nitrogens with one attached hydrogen (secondary N) is 1. The molecule has 0 aliphatic carbocycles. The lowest BCUT2D eigenvalue weighted by atomic mass is 9.92. The van der Waals surface area contributed by atoms with Gasteiger partial charge < -0.3 is 20.8 Å². The van der Waals surface area contributed by atoms with Gasteiger partial charge in [0.1, 0.15) is 5.82 Å². The van der Waals surface area contributed by atoms with Crippen molar-refractivity contribution in [3.05, 3.63) is 83.3 Å². The molecule has 1 atom stereocenters. The first-order valence-electron chi connectivity index (χ1n) is 10.9. The third-order valence-electron chi connectivity index (χ3n) is 6.06. The molecule has 5 nitrogen and oxygen atoms in total. The number of carbonyl (C=O) groups is 1. The standard InChI is InChI=1S/C27H26FN3O2/c1-3-4-16(2)26-25(17-5-7-18(8-6-17)27(32)33)22-14-23(30)19(15-29)13-24(22)31(26)21-11-9-20(28)10-12-21/h5-16,29H,3-4,30H2,1-2H3,(H,32,33). The molecule has 1 heterocycles. The third-order valence-corrected chi connectivity index (χ3v) is 6.06. The van der Waals surface area contributed by atoms with Gasteiger partial charge >= 0.3 is 5.97 Å². The molecular weight excluding hydrogens is 417 g/mol. The predicted molar refractivity (Wildman–Crippen MR) is 131 cm³/mol. The number of aromatic carboxylic acids is 1. The Morgan fingerprint density at radius 1 is 1.15 bits per heavy atom. The van der Waals surface area contributed by atoms with Gasteiger partial charge in [0, 0.05) is 39.8 Å². The van der Waals surface area contributed by atoms with Crippen LogP contribution in [0.1, 0.15) is 54.2 Å². The molecule has 0 aliphatic heterocycles. The van der Waals surface area contributed by atoms with Crippen molar-refractivity contribution < 1.29 is 14.3 Å². The fraction of sp³-hybridized carbons (Fsp3) is 0.185. The minimum absolute atomic E-state index is 0.159. The minimum Gasteiger partial charge on any atom is -0.478 e. The summed E-state index contributed by atoms with van der Waals surface area (Å²) < 4.78 is 15.9. The van der Waals surface area contributed by atoms with Crippen LogP contribution in [0.3, 0.4) is 0 Å². The van der Waals surface area contributed by atoms with E-state index in [1.807, 2.05) is 24.3 Å². The zero-order chi connectivity index (χ0) is 23.7. The van der Waals surface area contributed by atoms with E-state index in [1.165, 1.54) is 18.3 Å². The molecule has 4 aromatic rings. The lowest BCUT2D eigenvalue weighted by Gasteiger charge is -2.19. The molecule has 0 saturated carbocycles. The average Bonchev–Trinajstić information content (AvgIpc) is 3.13. The van der Waals surface area contributed by atoms with Gasteiger partial charge in [-0.25, -0.2) is 9.18 Å². The Balaban J connectivity index is 2.13. The molecule has 1 aromatic heterocycles. The second-order valence-corrected chi connectivity index (χ2v) is 8.29. The average molecular weight is 444 g/mol. The Morgan fingerprint density at radius 2 is 1.82 bits per heavy atom. The topological polar surface area (TPSA) is 92.1 Å². The molecule has 4 N–H and O–H groups in total. The van der Waals surface area contributed by atoms with Crippen molar-refractivity contribution in [2.24, 2.45) is 0 Å². The number of benzene rings is 3. The van der Waals surface area contributed by atoms with Crippen molar-refractivity contribution in [3.8, 4) is 16.8 Å². The predicted octanol–water partition coefficient (Wildman–Crippen LogP) is 6.62. The maximum absolute atomic E-state index is 13.7. The lowest BCUT2D eigenvalue weighted by Crippen LogP contribution is -2.06. The highest BCUT2D eigenvalue weighted by Gasteiger charge is 2.24. The molecule has 0 amide bonds. The van der Waals surface area contributed by atoms with Crippen molar-refractivity contribution in [2.45, 2.75) is 32.6 Å². The summed E-state index contributed by atoms with van der Waals surface area (Å²) >= 11 is 0. The zero-order valence-electron chi connectivity index (χ0n) is 18.6. The van der Waals surface area contributed by atoms with Crippen LogP contribution in [0.2, 0.25) is 0 Å². The maximum atomic E-state index is 13.7. The van der Waals surface area contributed by atoms with E-state index in [9.17, 15) is 14.3 Å². The largest absolute Gasteiger partial charge is 0.478 e. The molecule has 0 saturated heterocycles. The van der Waals surface area contributed by atoms with Crippen LogP contribution < -0.4 is 5.73 Å². The van der Waals surface area contributed by atoms with Gasteiger partial charge in [0.05, 0.1) is 11.1 Å². The summed E-state index contributed by atoms with van der Waals surface area (Å²) in [5.41, 5.74) is 12.2. The van der Waals surface area contributed by atoms with E-state index in [0.29, 0.717) is 11.3 Å². The van der Waals surface area contributed by atoms with E-state index in [4.69, 9.17) is 11.1 Å². The summed E-state index contributed by atoms with van der Waals surface area (Å²) in [6.45, 7) is 4.29. The highest BCUT2D eigenvalue weighted by atomic mass is 19.1. The van der Waals surface area contributed by atoms with Crippen molar-refractivity contribution >= 4 is 28.8 Å². The van der Waals surface area contributed by atoms with Crippen molar-refractivity contribution in [2.75, 3.05) is 5.73 Å². The van der Waals surface area contributed by atoms with Crippen LogP contribution in [-0.4, -0.2) is 21.9 Å². The monoisotopic (exact) mass is 443 g/mol. The van der Waals surface area contributed by atoms with Crippen LogP contribution in [0.15, 0.2) is 60.7 Å². The van der Waals surface area contributed by atoms with E-state index < -0.39 is 5.97 Å². The molecule has 1 unspecified atom stereocenters. The molecule has 0 fully saturated rings. The van der Waals surface area contributed by atoms with E-state index in [-0.39, 0.29) is 17.3 Å². The number of carboxylic acid groups (broad SMARTS) is 1. The summed E-state index contributed by atoms with van der Waals surface area (Å²) in [6, 6.07) is 17.0. The molecular formula is C27H26FN3O2. The fourth-order valence-electron chi connectivity index (χ4n) is 4.50. The summed E-state index contributed by atoms with van der Waals surface area (Å²) in [5, 5.41) is 18.0. The SMILES string of the molecule is CCCC(C)c1c(-c2ccc(C(=O)O)cc2)c2cc(N)c(C=N)cc2n1-c1ccc(F)cc1. The van der Waals surface area contributed by atoms with Crippen LogP contribution in [0.4, 0.5) is 10.1 Å². The first-order valence-corrected chi connectivity index (χ1v) is 10.9. The highest BCUT2D eigenvalue weighted by molar-refractivity contribution is 6.04. The van der Waals surface area contributed by atoms with Crippen LogP contribution >= 0.6 is 0 Å². The van der Waals surface area contributed by atoms with Gasteiger partial charge in [0.2, 0.25) is 0 Å². The molecule has 33 heavy (non-hydrogen) atoms. The third kappa shape index (κ3) is 4.00. The molecule has 0 aliphatic rings. The van der Waals surface area contributed by atoms with Crippen LogP contribution in [-0.2, 0) is 0 Å². The second-order valence-electron chi connectivity index (χ2n) is 8.29. The lowest BCUT2D eigenvalue weighted by molar-refractivity contribution is 0.0697. The van der Waals surface area contributed by atoms with Crippen LogP contribution in [0, 0.1) is 11.2 Å².